The predicted octanol–water partition coefficient (Wildman–Crippen LogP) is 1.78. The summed E-state index contributed by atoms with van der Waals surface area (Å²) in [5.41, 5.74) is 4.95. The minimum Gasteiger partial charge on any atom is -0.396 e. The molecule has 0 unspecified atom stereocenters. The second-order valence-corrected chi connectivity index (χ2v) is 5.66. The van der Waals surface area contributed by atoms with Crippen molar-refractivity contribution in [1.29, 1.82) is 0 Å². The first-order valence-corrected chi connectivity index (χ1v) is 7.78. The van der Waals surface area contributed by atoms with Gasteiger partial charge in [0.2, 0.25) is 0 Å². The smallest absolute Gasteiger partial charge is 0.272 e. The maximum absolute atomic E-state index is 12.3. The number of aliphatic hydroxyl groups excluding tert-OH is 1. The molecule has 0 saturated heterocycles. The topological polar surface area (TPSA) is 67.2 Å². The van der Waals surface area contributed by atoms with Crippen molar-refractivity contribution in [3.8, 4) is 5.69 Å². The highest BCUT2D eigenvalue weighted by molar-refractivity contribution is 5.94. The molecule has 5 nitrogen and oxygen atoms in total. The van der Waals surface area contributed by atoms with Gasteiger partial charge in [0.25, 0.3) is 5.91 Å². The van der Waals surface area contributed by atoms with E-state index in [2.05, 4.69) is 23.4 Å². The van der Waals surface area contributed by atoms with Crippen molar-refractivity contribution in [1.82, 2.24) is 15.1 Å². The van der Waals surface area contributed by atoms with Crippen molar-refractivity contribution in [2.24, 2.45) is 0 Å². The van der Waals surface area contributed by atoms with Crippen LogP contribution in [-0.2, 0) is 12.8 Å². The van der Waals surface area contributed by atoms with Gasteiger partial charge in [-0.2, -0.15) is 5.10 Å². The average molecular weight is 299 g/mol. The first kappa shape index (κ1) is 14.8. The van der Waals surface area contributed by atoms with Crippen LogP contribution < -0.4 is 5.32 Å². The number of rotatable bonds is 5. The second kappa shape index (κ2) is 6.32. The summed E-state index contributed by atoms with van der Waals surface area (Å²) in [7, 11) is 0. The molecule has 5 heteroatoms. The summed E-state index contributed by atoms with van der Waals surface area (Å²) in [5.74, 6) is -0.140. The number of nitrogens with zero attached hydrogens (tertiary/aromatic N) is 2. The fourth-order valence-corrected chi connectivity index (χ4v) is 2.98. The molecule has 1 aromatic carbocycles. The number of aliphatic hydroxyl groups is 1. The number of fused-ring (bicyclic) bond motifs is 1. The maximum atomic E-state index is 12.3. The number of carbonyl (C=O) groups excluding carboxylic acids is 1. The van der Waals surface area contributed by atoms with Gasteiger partial charge in [0.15, 0.2) is 5.69 Å². The molecular weight excluding hydrogens is 278 g/mol. The number of hydrogen-bond donors (Lipinski definition) is 2. The normalized spacial score (nSPS) is 13.2. The van der Waals surface area contributed by atoms with E-state index in [9.17, 15) is 4.79 Å². The minimum atomic E-state index is -0.140. The van der Waals surface area contributed by atoms with Gasteiger partial charge in [0.1, 0.15) is 0 Å². The molecule has 22 heavy (non-hydrogen) atoms. The first-order chi connectivity index (χ1) is 10.7. The van der Waals surface area contributed by atoms with E-state index in [4.69, 9.17) is 5.11 Å². The van der Waals surface area contributed by atoms with Crippen LogP contribution in [0.15, 0.2) is 24.3 Å². The molecule has 0 fully saturated rings. The number of para-hydroxylation sites is 1. The first-order valence-electron chi connectivity index (χ1n) is 7.78. The Bertz CT molecular complexity index is 691. The van der Waals surface area contributed by atoms with E-state index in [0.717, 1.165) is 41.8 Å². The lowest BCUT2D eigenvalue weighted by atomic mass is 10.2. The Morgan fingerprint density at radius 1 is 1.36 bits per heavy atom. The van der Waals surface area contributed by atoms with Crippen LogP contribution in [0, 0.1) is 6.92 Å². The van der Waals surface area contributed by atoms with Gasteiger partial charge in [-0.15, -0.1) is 0 Å². The van der Waals surface area contributed by atoms with Crippen LogP contribution in [0.2, 0.25) is 0 Å². The zero-order valence-corrected chi connectivity index (χ0v) is 12.8. The molecule has 0 bridgehead atoms. The van der Waals surface area contributed by atoms with Crippen LogP contribution >= 0.6 is 0 Å². The summed E-state index contributed by atoms with van der Waals surface area (Å²) in [6, 6.07) is 8.09. The van der Waals surface area contributed by atoms with Crippen LogP contribution in [0.25, 0.3) is 5.69 Å². The van der Waals surface area contributed by atoms with Gasteiger partial charge in [-0.25, -0.2) is 4.68 Å². The van der Waals surface area contributed by atoms with Crippen molar-refractivity contribution < 1.29 is 9.90 Å². The van der Waals surface area contributed by atoms with Gasteiger partial charge in [0.05, 0.1) is 5.69 Å². The largest absolute Gasteiger partial charge is 0.396 e. The molecule has 3 rings (SSSR count). The van der Waals surface area contributed by atoms with Crippen molar-refractivity contribution >= 4 is 5.91 Å². The molecule has 0 atom stereocenters. The number of aromatic nitrogens is 2. The zero-order valence-electron chi connectivity index (χ0n) is 12.8. The predicted molar refractivity (Wildman–Crippen MR) is 84.4 cm³/mol. The number of carbonyl (C=O) groups is 1. The van der Waals surface area contributed by atoms with E-state index in [-0.39, 0.29) is 12.5 Å². The summed E-state index contributed by atoms with van der Waals surface area (Å²) in [4.78, 5) is 12.3. The van der Waals surface area contributed by atoms with Crippen LogP contribution in [0.1, 0.15) is 40.2 Å². The average Bonchev–Trinajstić information content (AvgIpc) is 3.10. The molecule has 0 aliphatic heterocycles. The molecule has 1 amide bonds. The minimum absolute atomic E-state index is 0.0794. The Hall–Kier alpha value is -2.14. The second-order valence-electron chi connectivity index (χ2n) is 5.66. The van der Waals surface area contributed by atoms with Crippen LogP contribution in [-0.4, -0.2) is 33.9 Å². The lowest BCUT2D eigenvalue weighted by molar-refractivity contribution is 0.0945. The molecule has 0 radical (unpaired) electrons. The van der Waals surface area contributed by atoms with E-state index in [1.807, 2.05) is 22.9 Å². The van der Waals surface area contributed by atoms with Gasteiger partial charge in [0, 0.05) is 24.4 Å². The molecule has 116 valence electrons. The molecule has 2 aromatic rings. The van der Waals surface area contributed by atoms with E-state index in [0.29, 0.717) is 18.7 Å². The Morgan fingerprint density at radius 2 is 2.18 bits per heavy atom. The third kappa shape index (κ3) is 2.64. The van der Waals surface area contributed by atoms with Crippen molar-refractivity contribution in [2.75, 3.05) is 13.2 Å². The third-order valence-electron chi connectivity index (χ3n) is 4.11. The Morgan fingerprint density at radius 3 is 2.95 bits per heavy atom. The summed E-state index contributed by atoms with van der Waals surface area (Å²) in [6.07, 6.45) is 3.49. The molecule has 1 aliphatic rings. The standard InChI is InChI=1S/C17H21N3O2/c1-12-6-2-3-8-14(12)20-15-9-4-7-13(15)16(19-20)17(22)18-10-5-11-21/h2-3,6,8,21H,4-5,7,9-11H2,1H3,(H,18,22). The van der Waals surface area contributed by atoms with Crippen LogP contribution in [0.5, 0.6) is 0 Å². The number of hydrogen-bond acceptors (Lipinski definition) is 3. The van der Waals surface area contributed by atoms with Gasteiger partial charge in [-0.05, 0) is 44.2 Å². The quantitative estimate of drug-likeness (QED) is 0.827. The van der Waals surface area contributed by atoms with E-state index in [1.165, 1.54) is 0 Å². The monoisotopic (exact) mass is 299 g/mol. The molecule has 0 spiro atoms. The molecule has 1 aliphatic carbocycles. The van der Waals surface area contributed by atoms with Gasteiger partial charge in [-0.3, -0.25) is 4.79 Å². The molecular formula is C17H21N3O2. The van der Waals surface area contributed by atoms with Crippen LogP contribution in [0.3, 0.4) is 0 Å². The molecule has 1 aromatic heterocycles. The van der Waals surface area contributed by atoms with E-state index < -0.39 is 0 Å². The lowest BCUT2D eigenvalue weighted by Crippen LogP contribution is -2.26. The number of aryl methyl sites for hydroxylation is 1. The highest BCUT2D eigenvalue weighted by Crippen LogP contribution is 2.28. The highest BCUT2D eigenvalue weighted by atomic mass is 16.3. The number of nitrogens with one attached hydrogen (secondary N) is 1. The van der Waals surface area contributed by atoms with Gasteiger partial charge < -0.3 is 10.4 Å². The molecule has 1 heterocycles. The lowest BCUT2D eigenvalue weighted by Gasteiger charge is -2.08. The van der Waals surface area contributed by atoms with Crippen molar-refractivity contribution in [2.45, 2.75) is 32.6 Å². The fourth-order valence-electron chi connectivity index (χ4n) is 2.98. The Kier molecular flexibility index (Phi) is 4.24. The Balaban J connectivity index is 1.95. The van der Waals surface area contributed by atoms with Crippen LogP contribution in [0.4, 0.5) is 0 Å². The van der Waals surface area contributed by atoms with Gasteiger partial charge in [-0.1, -0.05) is 18.2 Å². The summed E-state index contributed by atoms with van der Waals surface area (Å²) in [5, 5.41) is 16.2. The highest BCUT2D eigenvalue weighted by Gasteiger charge is 2.27. The fraction of sp³-hybridized carbons (Fsp3) is 0.412. The van der Waals surface area contributed by atoms with Gasteiger partial charge >= 0.3 is 0 Å². The van der Waals surface area contributed by atoms with Crippen molar-refractivity contribution in [3.63, 3.8) is 0 Å². The molecule has 0 saturated carbocycles. The molecule has 2 N–H and O–H groups in total. The van der Waals surface area contributed by atoms with E-state index >= 15 is 0 Å². The Labute approximate surface area is 130 Å². The van der Waals surface area contributed by atoms with Crippen molar-refractivity contribution in [3.05, 3.63) is 46.8 Å². The van der Waals surface area contributed by atoms with E-state index in [1.54, 1.807) is 0 Å². The maximum Gasteiger partial charge on any atom is 0.272 e. The number of benzene rings is 1. The SMILES string of the molecule is Cc1ccccc1-n1nc(C(=O)NCCCO)c2c1CCC2. The third-order valence-corrected chi connectivity index (χ3v) is 4.11. The summed E-state index contributed by atoms with van der Waals surface area (Å²) in [6.45, 7) is 2.61. The summed E-state index contributed by atoms with van der Waals surface area (Å²) >= 11 is 0. The summed E-state index contributed by atoms with van der Waals surface area (Å²) < 4.78 is 1.93. The zero-order chi connectivity index (χ0) is 15.5. The number of amides is 1.